The summed E-state index contributed by atoms with van der Waals surface area (Å²) in [7, 11) is 1.38. The molecule has 1 aliphatic heterocycles. The van der Waals surface area contributed by atoms with Crippen LogP contribution in [0.2, 0.25) is 0 Å². The number of carbonyl (C=O) groups is 1. The third-order valence-corrected chi connectivity index (χ3v) is 4.98. The molecular weight excluding hydrogens is 368 g/mol. The van der Waals surface area contributed by atoms with E-state index in [-0.39, 0.29) is 12.2 Å². The molecule has 0 saturated carbocycles. The van der Waals surface area contributed by atoms with Crippen molar-refractivity contribution in [2.75, 3.05) is 20.3 Å². The van der Waals surface area contributed by atoms with E-state index in [4.69, 9.17) is 9.47 Å². The number of ether oxygens (including phenoxy) is 2. The Balaban J connectivity index is 1.43. The zero-order chi connectivity index (χ0) is 20.2. The molecule has 29 heavy (non-hydrogen) atoms. The topological polar surface area (TPSA) is 69.5 Å². The van der Waals surface area contributed by atoms with Crippen molar-refractivity contribution < 1.29 is 14.3 Å². The molecular formula is C22H24N4O3. The highest BCUT2D eigenvalue weighted by Gasteiger charge is 2.29. The van der Waals surface area contributed by atoms with Crippen LogP contribution in [-0.4, -0.2) is 46.1 Å². The number of aryl methyl sites for hydroxylation is 1. The molecule has 1 saturated heterocycles. The van der Waals surface area contributed by atoms with Gasteiger partial charge >= 0.3 is 5.97 Å². The van der Waals surface area contributed by atoms with Crippen LogP contribution >= 0.6 is 0 Å². The fourth-order valence-electron chi connectivity index (χ4n) is 3.54. The quantitative estimate of drug-likeness (QED) is 0.601. The van der Waals surface area contributed by atoms with Crippen molar-refractivity contribution in [3.63, 3.8) is 0 Å². The predicted molar refractivity (Wildman–Crippen MR) is 107 cm³/mol. The molecule has 0 aliphatic carbocycles. The SMILES string of the molecule is COC(=O)c1ccc(Cn2cc([C@@H]3OCCN3Cc3cccc(C)c3)nn2)cc1. The van der Waals surface area contributed by atoms with Crippen LogP contribution in [-0.2, 0) is 22.6 Å². The minimum Gasteiger partial charge on any atom is -0.465 e. The molecule has 0 spiro atoms. The van der Waals surface area contributed by atoms with Gasteiger partial charge < -0.3 is 9.47 Å². The molecule has 1 aliphatic rings. The highest BCUT2D eigenvalue weighted by atomic mass is 16.5. The van der Waals surface area contributed by atoms with Gasteiger partial charge in [-0.1, -0.05) is 47.2 Å². The highest BCUT2D eigenvalue weighted by Crippen LogP contribution is 2.27. The van der Waals surface area contributed by atoms with Gasteiger partial charge in [-0.2, -0.15) is 0 Å². The number of hydrogen-bond donors (Lipinski definition) is 0. The summed E-state index contributed by atoms with van der Waals surface area (Å²) in [5, 5.41) is 8.59. The summed E-state index contributed by atoms with van der Waals surface area (Å²) in [6, 6.07) is 15.8. The van der Waals surface area contributed by atoms with Crippen molar-refractivity contribution >= 4 is 5.97 Å². The molecule has 0 bridgehead atoms. The molecule has 2 aromatic carbocycles. The van der Waals surface area contributed by atoms with E-state index in [9.17, 15) is 4.79 Å². The fraction of sp³-hybridized carbons (Fsp3) is 0.318. The third kappa shape index (κ3) is 4.52. The second-order valence-electron chi connectivity index (χ2n) is 7.21. The average Bonchev–Trinajstić information content (AvgIpc) is 3.37. The largest absolute Gasteiger partial charge is 0.465 e. The molecule has 3 aromatic rings. The fourth-order valence-corrected chi connectivity index (χ4v) is 3.54. The van der Waals surface area contributed by atoms with Crippen LogP contribution in [0.4, 0.5) is 0 Å². The van der Waals surface area contributed by atoms with E-state index in [1.54, 1.807) is 16.8 Å². The summed E-state index contributed by atoms with van der Waals surface area (Å²) in [6.07, 6.45) is 1.74. The molecule has 4 rings (SSSR count). The Hall–Kier alpha value is -3.03. The normalized spacial score (nSPS) is 16.8. The molecule has 7 nitrogen and oxygen atoms in total. The maximum atomic E-state index is 11.5. The molecule has 7 heteroatoms. The maximum Gasteiger partial charge on any atom is 0.337 e. The highest BCUT2D eigenvalue weighted by molar-refractivity contribution is 5.89. The molecule has 0 N–H and O–H groups in total. The molecule has 1 fully saturated rings. The standard InChI is InChI=1S/C22H24N4O3/c1-16-4-3-5-18(12-16)13-25-10-11-29-21(25)20-15-26(24-23-20)14-17-6-8-19(9-7-17)22(27)28-2/h3-9,12,15,21H,10-11,13-14H2,1-2H3/t21-/m0/s1. The number of aromatic nitrogens is 3. The number of hydrogen-bond acceptors (Lipinski definition) is 6. The summed E-state index contributed by atoms with van der Waals surface area (Å²) in [4.78, 5) is 13.8. The number of benzene rings is 2. The number of nitrogens with zero attached hydrogens (tertiary/aromatic N) is 4. The van der Waals surface area contributed by atoms with Crippen molar-refractivity contribution in [3.05, 3.63) is 82.7 Å². The lowest BCUT2D eigenvalue weighted by atomic mass is 10.1. The van der Waals surface area contributed by atoms with Gasteiger partial charge in [0, 0.05) is 13.1 Å². The van der Waals surface area contributed by atoms with Crippen molar-refractivity contribution in [2.45, 2.75) is 26.2 Å². The van der Waals surface area contributed by atoms with Crippen LogP contribution in [0.1, 0.15) is 39.0 Å². The summed E-state index contributed by atoms with van der Waals surface area (Å²) in [5.74, 6) is -0.341. The number of carbonyl (C=O) groups excluding carboxylic acids is 1. The van der Waals surface area contributed by atoms with Gasteiger partial charge in [-0.15, -0.1) is 5.10 Å². The van der Waals surface area contributed by atoms with Crippen molar-refractivity contribution in [1.29, 1.82) is 0 Å². The second-order valence-corrected chi connectivity index (χ2v) is 7.21. The van der Waals surface area contributed by atoms with Gasteiger partial charge in [0.2, 0.25) is 0 Å². The lowest BCUT2D eigenvalue weighted by Crippen LogP contribution is -2.23. The minimum atomic E-state index is -0.341. The van der Waals surface area contributed by atoms with Gasteiger partial charge in [0.25, 0.3) is 0 Å². The zero-order valence-electron chi connectivity index (χ0n) is 16.6. The van der Waals surface area contributed by atoms with E-state index in [0.717, 1.165) is 24.3 Å². The first-order chi connectivity index (χ1) is 14.1. The van der Waals surface area contributed by atoms with E-state index in [1.807, 2.05) is 18.3 Å². The van der Waals surface area contributed by atoms with Crippen LogP contribution < -0.4 is 0 Å². The summed E-state index contributed by atoms with van der Waals surface area (Å²) in [6.45, 7) is 5.02. The Kier molecular flexibility index (Phi) is 5.69. The number of esters is 1. The third-order valence-electron chi connectivity index (χ3n) is 4.98. The van der Waals surface area contributed by atoms with Crippen LogP contribution in [0.15, 0.2) is 54.7 Å². The monoisotopic (exact) mass is 392 g/mol. The Morgan fingerprint density at radius 3 is 2.76 bits per heavy atom. The predicted octanol–water partition coefficient (Wildman–Crippen LogP) is 2.95. The lowest BCUT2D eigenvalue weighted by molar-refractivity contribution is 0.0252. The van der Waals surface area contributed by atoms with Crippen LogP contribution in [0.3, 0.4) is 0 Å². The molecule has 150 valence electrons. The Bertz CT molecular complexity index is 984. The van der Waals surface area contributed by atoms with E-state index < -0.39 is 0 Å². The van der Waals surface area contributed by atoms with Crippen molar-refractivity contribution in [3.8, 4) is 0 Å². The number of methoxy groups -OCH3 is 1. The van der Waals surface area contributed by atoms with E-state index >= 15 is 0 Å². The van der Waals surface area contributed by atoms with E-state index in [2.05, 4.69) is 46.4 Å². The van der Waals surface area contributed by atoms with E-state index in [1.165, 1.54) is 18.2 Å². The van der Waals surface area contributed by atoms with Crippen LogP contribution in [0.25, 0.3) is 0 Å². The zero-order valence-corrected chi connectivity index (χ0v) is 16.6. The minimum absolute atomic E-state index is 0.189. The molecule has 1 aromatic heterocycles. The van der Waals surface area contributed by atoms with Gasteiger partial charge in [-0.05, 0) is 30.2 Å². The molecule has 1 atom stereocenters. The smallest absolute Gasteiger partial charge is 0.337 e. The molecule has 2 heterocycles. The molecule has 0 amide bonds. The van der Waals surface area contributed by atoms with Gasteiger partial charge in [0.1, 0.15) is 5.69 Å². The first-order valence-corrected chi connectivity index (χ1v) is 9.61. The summed E-state index contributed by atoms with van der Waals surface area (Å²) < 4.78 is 12.4. The van der Waals surface area contributed by atoms with Gasteiger partial charge in [0.05, 0.1) is 32.0 Å². The van der Waals surface area contributed by atoms with Crippen LogP contribution in [0.5, 0.6) is 0 Å². The average molecular weight is 392 g/mol. The summed E-state index contributed by atoms with van der Waals surface area (Å²) >= 11 is 0. The molecule has 0 radical (unpaired) electrons. The Morgan fingerprint density at radius 2 is 2.00 bits per heavy atom. The second kappa shape index (κ2) is 8.55. The Labute approximate surface area is 169 Å². The van der Waals surface area contributed by atoms with Gasteiger partial charge in [-0.3, -0.25) is 4.90 Å². The summed E-state index contributed by atoms with van der Waals surface area (Å²) in [5.41, 5.74) is 4.88. The lowest BCUT2D eigenvalue weighted by Gasteiger charge is -2.21. The number of rotatable bonds is 6. The van der Waals surface area contributed by atoms with Crippen LogP contribution in [0, 0.1) is 6.92 Å². The molecule has 0 unspecified atom stereocenters. The van der Waals surface area contributed by atoms with Crippen molar-refractivity contribution in [1.82, 2.24) is 19.9 Å². The first-order valence-electron chi connectivity index (χ1n) is 9.61. The van der Waals surface area contributed by atoms with Crippen molar-refractivity contribution in [2.24, 2.45) is 0 Å². The van der Waals surface area contributed by atoms with Gasteiger partial charge in [-0.25, -0.2) is 9.48 Å². The van der Waals surface area contributed by atoms with E-state index in [0.29, 0.717) is 18.7 Å². The van der Waals surface area contributed by atoms with Gasteiger partial charge in [0.15, 0.2) is 6.23 Å². The first kappa shape index (κ1) is 19.3. The Morgan fingerprint density at radius 1 is 1.17 bits per heavy atom. The maximum absolute atomic E-state index is 11.5.